The predicted octanol–water partition coefficient (Wildman–Crippen LogP) is 7.50. The second kappa shape index (κ2) is 12.1. The van der Waals surface area contributed by atoms with E-state index >= 15 is 0 Å². The van der Waals surface area contributed by atoms with E-state index in [0.717, 1.165) is 72.1 Å². The van der Waals surface area contributed by atoms with Crippen molar-refractivity contribution in [2.24, 2.45) is 5.92 Å². The van der Waals surface area contributed by atoms with Gasteiger partial charge in [-0.05, 0) is 73.6 Å². The molecule has 7 nitrogen and oxygen atoms in total. The van der Waals surface area contributed by atoms with Gasteiger partial charge in [-0.3, -0.25) is 9.52 Å². The van der Waals surface area contributed by atoms with Crippen molar-refractivity contribution >= 4 is 54.8 Å². The van der Waals surface area contributed by atoms with Gasteiger partial charge in [0.2, 0.25) is 10.0 Å². The van der Waals surface area contributed by atoms with Gasteiger partial charge in [0.15, 0.2) is 0 Å². The largest absolute Gasteiger partial charge is 0.496 e. The summed E-state index contributed by atoms with van der Waals surface area (Å²) in [5.41, 5.74) is 2.26. The van der Waals surface area contributed by atoms with Crippen molar-refractivity contribution in [3.05, 3.63) is 75.8 Å². The molecule has 1 N–H and O–H groups in total. The van der Waals surface area contributed by atoms with E-state index in [0.29, 0.717) is 11.7 Å². The van der Waals surface area contributed by atoms with Crippen LogP contribution in [0.15, 0.2) is 48.7 Å². The number of methoxy groups -OCH3 is 1. The zero-order valence-electron chi connectivity index (χ0n) is 23.3. The first kappa shape index (κ1) is 30.2. The third-order valence-corrected chi connectivity index (χ3v) is 9.83. The fraction of sp³-hybridized carbons (Fsp3) is 0.333. The van der Waals surface area contributed by atoms with Crippen LogP contribution in [0.4, 0.5) is 14.6 Å². The number of amides is 1. The summed E-state index contributed by atoms with van der Waals surface area (Å²) in [6.07, 6.45) is 6.10. The van der Waals surface area contributed by atoms with Crippen LogP contribution < -0.4 is 9.46 Å². The van der Waals surface area contributed by atoms with Gasteiger partial charge in [-0.15, -0.1) is 11.3 Å². The lowest BCUT2D eigenvalue weighted by atomic mass is 9.86. The number of carbonyl (C=O) groups is 1. The quantitative estimate of drug-likeness (QED) is 0.217. The Morgan fingerprint density at radius 1 is 1.10 bits per heavy atom. The number of hydrogen-bond acceptors (Lipinski definition) is 6. The molecule has 1 saturated carbocycles. The number of thiophene rings is 1. The monoisotopic (exact) mass is 633 g/mol. The van der Waals surface area contributed by atoms with Gasteiger partial charge < -0.3 is 9.64 Å². The number of sulfonamides is 1. The first-order valence-corrected chi connectivity index (χ1v) is 16.5. The van der Waals surface area contributed by atoms with Gasteiger partial charge in [-0.1, -0.05) is 24.6 Å². The second-order valence-corrected chi connectivity index (χ2v) is 13.8. The van der Waals surface area contributed by atoms with Crippen LogP contribution in [-0.2, 0) is 16.6 Å². The minimum Gasteiger partial charge on any atom is -0.496 e. The SMILES string of the molecule is COc1ccc(-c2ccc(NS(C)(=O)=O)nc2)cc1CN(C(=O)c1sc2c(F)ccc(F)c2c1Cl)C1CCC(C)CC1. The minimum atomic E-state index is -3.46. The van der Waals surface area contributed by atoms with E-state index in [1.807, 2.05) is 12.1 Å². The number of aromatic nitrogens is 1. The smallest absolute Gasteiger partial charge is 0.266 e. The summed E-state index contributed by atoms with van der Waals surface area (Å²) < 4.78 is 60.3. The molecule has 0 spiro atoms. The molecule has 2 aromatic carbocycles. The highest BCUT2D eigenvalue weighted by Gasteiger charge is 2.32. The van der Waals surface area contributed by atoms with Crippen molar-refractivity contribution in [1.82, 2.24) is 9.88 Å². The summed E-state index contributed by atoms with van der Waals surface area (Å²) in [7, 11) is -1.91. The average molecular weight is 634 g/mol. The van der Waals surface area contributed by atoms with Gasteiger partial charge in [-0.25, -0.2) is 22.2 Å². The molecule has 0 radical (unpaired) electrons. The molecule has 2 heterocycles. The number of fused-ring (bicyclic) bond motifs is 1. The number of pyridine rings is 1. The normalized spacial score (nSPS) is 17.3. The molecule has 0 bridgehead atoms. The number of carbonyl (C=O) groups excluding carboxylic acids is 1. The van der Waals surface area contributed by atoms with Gasteiger partial charge in [0.25, 0.3) is 5.91 Å². The Morgan fingerprint density at radius 3 is 2.40 bits per heavy atom. The maximum absolute atomic E-state index is 14.6. The van der Waals surface area contributed by atoms with E-state index in [2.05, 4.69) is 16.6 Å². The van der Waals surface area contributed by atoms with Crippen LogP contribution in [0.2, 0.25) is 5.02 Å². The number of anilines is 1. The van der Waals surface area contributed by atoms with Crippen LogP contribution in [0, 0.1) is 17.6 Å². The molecule has 5 rings (SSSR count). The van der Waals surface area contributed by atoms with Crippen LogP contribution in [0.3, 0.4) is 0 Å². The van der Waals surface area contributed by atoms with Gasteiger partial charge in [-0.2, -0.15) is 0 Å². The van der Waals surface area contributed by atoms with Crippen LogP contribution in [0.25, 0.3) is 21.2 Å². The van der Waals surface area contributed by atoms with Crippen molar-refractivity contribution in [3.8, 4) is 16.9 Å². The number of hydrogen-bond donors (Lipinski definition) is 1. The second-order valence-electron chi connectivity index (χ2n) is 10.7. The fourth-order valence-electron chi connectivity index (χ4n) is 5.37. The number of halogens is 3. The molecular weight excluding hydrogens is 604 g/mol. The molecule has 1 aliphatic rings. The number of benzene rings is 2. The number of nitrogens with one attached hydrogen (secondary N) is 1. The molecule has 222 valence electrons. The molecule has 0 unspecified atom stereocenters. The van der Waals surface area contributed by atoms with Gasteiger partial charge in [0.1, 0.15) is 28.1 Å². The lowest BCUT2D eigenvalue weighted by molar-refractivity contribution is 0.0597. The molecule has 1 amide bonds. The average Bonchev–Trinajstić information content (AvgIpc) is 3.31. The highest BCUT2D eigenvalue weighted by molar-refractivity contribution is 7.92. The van der Waals surface area contributed by atoms with Gasteiger partial charge in [0.05, 0.1) is 28.5 Å². The summed E-state index contributed by atoms with van der Waals surface area (Å²) in [6.45, 7) is 2.37. The maximum Gasteiger partial charge on any atom is 0.266 e. The summed E-state index contributed by atoms with van der Waals surface area (Å²) >= 11 is 7.40. The molecule has 1 aliphatic carbocycles. The first-order chi connectivity index (χ1) is 19.9. The molecule has 12 heteroatoms. The van der Waals surface area contributed by atoms with Crippen molar-refractivity contribution in [2.75, 3.05) is 18.1 Å². The molecule has 0 saturated heterocycles. The zero-order chi connectivity index (χ0) is 30.2. The molecule has 0 aliphatic heterocycles. The Morgan fingerprint density at radius 2 is 1.79 bits per heavy atom. The lowest BCUT2D eigenvalue weighted by Gasteiger charge is -2.36. The highest BCUT2D eigenvalue weighted by Crippen LogP contribution is 2.41. The van der Waals surface area contributed by atoms with Crippen molar-refractivity contribution in [1.29, 1.82) is 0 Å². The van der Waals surface area contributed by atoms with E-state index in [-0.39, 0.29) is 44.3 Å². The van der Waals surface area contributed by atoms with E-state index in [9.17, 15) is 22.0 Å². The van der Waals surface area contributed by atoms with Crippen LogP contribution >= 0.6 is 22.9 Å². The van der Waals surface area contributed by atoms with Crippen molar-refractivity contribution < 1.29 is 26.7 Å². The van der Waals surface area contributed by atoms with Crippen LogP contribution in [0.5, 0.6) is 5.75 Å². The van der Waals surface area contributed by atoms with Crippen LogP contribution in [0.1, 0.15) is 47.8 Å². The van der Waals surface area contributed by atoms with Gasteiger partial charge >= 0.3 is 0 Å². The molecule has 0 atom stereocenters. The number of ether oxygens (including phenoxy) is 1. The lowest BCUT2D eigenvalue weighted by Crippen LogP contribution is -2.41. The van der Waals surface area contributed by atoms with Crippen molar-refractivity contribution in [2.45, 2.75) is 45.2 Å². The Hall–Kier alpha value is -3.28. The minimum absolute atomic E-state index is 0.0152. The fourth-order valence-corrected chi connectivity index (χ4v) is 7.37. The van der Waals surface area contributed by atoms with E-state index in [4.69, 9.17) is 16.3 Å². The Kier molecular flexibility index (Phi) is 8.73. The zero-order valence-corrected chi connectivity index (χ0v) is 25.7. The Balaban J connectivity index is 1.52. The van der Waals surface area contributed by atoms with E-state index in [1.54, 1.807) is 36.4 Å². The number of nitrogens with zero attached hydrogens (tertiary/aromatic N) is 2. The van der Waals surface area contributed by atoms with Crippen LogP contribution in [-0.4, -0.2) is 43.6 Å². The summed E-state index contributed by atoms with van der Waals surface area (Å²) in [4.78, 5) is 20.2. The molecule has 4 aromatic rings. The van der Waals surface area contributed by atoms with E-state index < -0.39 is 21.7 Å². The Labute approximate surface area is 252 Å². The summed E-state index contributed by atoms with van der Waals surface area (Å²) in [5.74, 6) is -0.374. The van der Waals surface area contributed by atoms with Gasteiger partial charge in [0, 0.05) is 29.9 Å². The molecule has 1 fully saturated rings. The molecule has 2 aromatic heterocycles. The summed E-state index contributed by atoms with van der Waals surface area (Å²) in [5, 5.41) is -0.163. The summed E-state index contributed by atoms with van der Waals surface area (Å²) in [6, 6.07) is 10.8. The van der Waals surface area contributed by atoms with Crippen molar-refractivity contribution in [3.63, 3.8) is 0 Å². The third kappa shape index (κ3) is 6.38. The molecular formula is C30H30ClF2N3O4S2. The third-order valence-electron chi connectivity index (χ3n) is 7.57. The number of rotatable bonds is 8. The topological polar surface area (TPSA) is 88.6 Å². The standard InChI is InChI=1S/C30H30ClF2N3O4S2/c1-17-4-8-21(9-5-17)36(30(37)29-27(31)26-22(32)10-11-23(33)28(26)41-29)16-20-14-18(6-12-24(20)40-2)19-7-13-25(34-15-19)35-42(3,38)39/h6-7,10-15,17,21H,4-5,8-9,16H2,1-3H3,(H,34,35). The maximum atomic E-state index is 14.6. The van der Waals surface area contributed by atoms with E-state index in [1.165, 1.54) is 0 Å². The Bertz CT molecular complexity index is 1740. The highest BCUT2D eigenvalue weighted by atomic mass is 35.5. The predicted molar refractivity (Wildman–Crippen MR) is 163 cm³/mol. The molecule has 42 heavy (non-hydrogen) atoms. The first-order valence-electron chi connectivity index (χ1n) is 13.4.